The molecule has 1 heterocycles. The molecular formula is C9H17NO. The third kappa shape index (κ3) is 7.10. The van der Waals surface area contributed by atoms with Crippen molar-refractivity contribution in [3.8, 4) is 0 Å². The summed E-state index contributed by atoms with van der Waals surface area (Å²) in [5.74, 6) is 0. The Morgan fingerprint density at radius 1 is 1.36 bits per heavy atom. The van der Waals surface area contributed by atoms with Crippen molar-refractivity contribution in [1.82, 2.24) is 5.16 Å². The molecule has 0 atom stereocenters. The predicted octanol–water partition coefficient (Wildman–Crippen LogP) is 3.18. The lowest BCUT2D eigenvalue weighted by Gasteiger charge is -1.79. The van der Waals surface area contributed by atoms with Crippen molar-refractivity contribution < 1.29 is 4.52 Å². The van der Waals surface area contributed by atoms with E-state index >= 15 is 0 Å². The molecule has 0 unspecified atom stereocenters. The summed E-state index contributed by atoms with van der Waals surface area (Å²) in [6.45, 7) is 6.30. The Labute approximate surface area is 68.6 Å². The molecule has 0 aliphatic heterocycles. The molecule has 0 bridgehead atoms. The fourth-order valence-corrected chi connectivity index (χ4v) is 0.626. The zero-order valence-electron chi connectivity index (χ0n) is 7.63. The van der Waals surface area contributed by atoms with Gasteiger partial charge in [-0.1, -0.05) is 38.3 Å². The third-order valence-corrected chi connectivity index (χ3v) is 1.27. The summed E-state index contributed by atoms with van der Waals surface area (Å²) in [6.07, 6.45) is 5.63. The lowest BCUT2D eigenvalue weighted by Crippen LogP contribution is -1.59. The summed E-state index contributed by atoms with van der Waals surface area (Å²) >= 11 is 0. The Kier molecular flexibility index (Phi) is 6.79. The van der Waals surface area contributed by atoms with Gasteiger partial charge in [-0.15, -0.1) is 0 Å². The van der Waals surface area contributed by atoms with E-state index in [1.807, 2.05) is 6.92 Å². The van der Waals surface area contributed by atoms with Crippen molar-refractivity contribution >= 4 is 0 Å². The van der Waals surface area contributed by atoms with Crippen molar-refractivity contribution in [3.05, 3.63) is 18.0 Å². The number of unbranched alkanes of at least 4 members (excludes halogenated alkanes) is 2. The van der Waals surface area contributed by atoms with E-state index in [0.29, 0.717) is 0 Å². The molecule has 0 radical (unpaired) electrons. The number of hydrogen-bond donors (Lipinski definition) is 0. The van der Waals surface area contributed by atoms with E-state index in [1.54, 1.807) is 12.3 Å². The Balaban J connectivity index is 0.000000187. The maximum absolute atomic E-state index is 4.46. The number of aryl methyl sites for hydroxylation is 1. The number of aromatic nitrogens is 1. The summed E-state index contributed by atoms with van der Waals surface area (Å²) in [5.41, 5.74) is 0.926. The van der Waals surface area contributed by atoms with Crippen LogP contribution in [0.3, 0.4) is 0 Å². The second-order valence-electron chi connectivity index (χ2n) is 2.49. The fourth-order valence-electron chi connectivity index (χ4n) is 0.626. The lowest BCUT2D eigenvalue weighted by molar-refractivity contribution is 0.415. The van der Waals surface area contributed by atoms with Crippen LogP contribution >= 0.6 is 0 Å². The molecule has 1 aromatic rings. The van der Waals surface area contributed by atoms with Crippen LogP contribution in [-0.2, 0) is 0 Å². The first kappa shape index (κ1) is 10.2. The molecular weight excluding hydrogens is 138 g/mol. The van der Waals surface area contributed by atoms with Crippen LogP contribution in [0.5, 0.6) is 0 Å². The number of rotatable bonds is 2. The predicted molar refractivity (Wildman–Crippen MR) is 46.4 cm³/mol. The minimum absolute atomic E-state index is 0.926. The molecule has 0 aliphatic carbocycles. The average molecular weight is 155 g/mol. The van der Waals surface area contributed by atoms with Gasteiger partial charge in [0.25, 0.3) is 0 Å². The highest BCUT2D eigenvalue weighted by Gasteiger charge is 1.78. The smallest absolute Gasteiger partial charge is 0.124 e. The Hall–Kier alpha value is -0.790. The molecule has 0 spiro atoms. The molecule has 0 amide bonds. The van der Waals surface area contributed by atoms with Gasteiger partial charge in [0.05, 0.1) is 5.69 Å². The highest BCUT2D eigenvalue weighted by molar-refractivity contribution is 4.89. The number of nitrogens with zero attached hydrogens (tertiary/aromatic N) is 1. The van der Waals surface area contributed by atoms with Crippen LogP contribution in [0.4, 0.5) is 0 Å². The minimum atomic E-state index is 0.926. The second-order valence-corrected chi connectivity index (χ2v) is 2.49. The van der Waals surface area contributed by atoms with Crippen LogP contribution in [0.25, 0.3) is 0 Å². The van der Waals surface area contributed by atoms with Crippen LogP contribution in [0.1, 0.15) is 38.8 Å². The molecule has 2 heteroatoms. The SMILES string of the molecule is CCCCC.Cc1ccon1. The van der Waals surface area contributed by atoms with E-state index in [-0.39, 0.29) is 0 Å². The van der Waals surface area contributed by atoms with E-state index in [0.717, 1.165) is 5.69 Å². The first-order valence-corrected chi connectivity index (χ1v) is 4.18. The van der Waals surface area contributed by atoms with Crippen LogP contribution in [0.2, 0.25) is 0 Å². The summed E-state index contributed by atoms with van der Waals surface area (Å²) in [5, 5.41) is 3.54. The van der Waals surface area contributed by atoms with Crippen molar-refractivity contribution in [2.75, 3.05) is 0 Å². The molecule has 11 heavy (non-hydrogen) atoms. The van der Waals surface area contributed by atoms with Crippen LogP contribution in [-0.4, -0.2) is 5.16 Å². The Bertz CT molecular complexity index is 145. The molecule has 64 valence electrons. The van der Waals surface area contributed by atoms with Gasteiger partial charge in [0.15, 0.2) is 0 Å². The normalized spacial score (nSPS) is 8.64. The second kappa shape index (κ2) is 7.32. The zero-order chi connectivity index (χ0) is 8.53. The third-order valence-electron chi connectivity index (χ3n) is 1.27. The van der Waals surface area contributed by atoms with Gasteiger partial charge in [-0.05, 0) is 6.92 Å². The van der Waals surface area contributed by atoms with E-state index in [1.165, 1.54) is 19.3 Å². The maximum atomic E-state index is 4.46. The van der Waals surface area contributed by atoms with Gasteiger partial charge in [-0.3, -0.25) is 0 Å². The molecule has 1 rings (SSSR count). The van der Waals surface area contributed by atoms with Gasteiger partial charge in [-0.2, -0.15) is 0 Å². The van der Waals surface area contributed by atoms with E-state index < -0.39 is 0 Å². The van der Waals surface area contributed by atoms with Crippen LogP contribution in [0, 0.1) is 6.92 Å². The molecule has 0 aliphatic rings. The largest absolute Gasteiger partial charge is 0.365 e. The molecule has 0 saturated carbocycles. The molecule has 0 saturated heterocycles. The van der Waals surface area contributed by atoms with Gasteiger partial charge >= 0.3 is 0 Å². The van der Waals surface area contributed by atoms with E-state index in [9.17, 15) is 0 Å². The Morgan fingerprint density at radius 2 is 2.00 bits per heavy atom. The molecule has 0 fully saturated rings. The lowest BCUT2D eigenvalue weighted by atomic mass is 10.3. The highest BCUT2D eigenvalue weighted by atomic mass is 16.5. The summed E-state index contributed by atoms with van der Waals surface area (Å²) < 4.78 is 4.46. The molecule has 1 aromatic heterocycles. The maximum Gasteiger partial charge on any atom is 0.124 e. The van der Waals surface area contributed by atoms with Gasteiger partial charge in [0.1, 0.15) is 6.26 Å². The zero-order valence-corrected chi connectivity index (χ0v) is 7.63. The highest BCUT2D eigenvalue weighted by Crippen LogP contribution is 1.88. The van der Waals surface area contributed by atoms with Gasteiger partial charge in [0.2, 0.25) is 0 Å². The first-order chi connectivity index (χ1) is 5.31. The molecule has 0 N–H and O–H groups in total. The minimum Gasteiger partial charge on any atom is -0.365 e. The topological polar surface area (TPSA) is 26.0 Å². The van der Waals surface area contributed by atoms with Crippen molar-refractivity contribution in [1.29, 1.82) is 0 Å². The van der Waals surface area contributed by atoms with Gasteiger partial charge in [-0.25, -0.2) is 0 Å². The standard InChI is InChI=1S/C5H12.C4H5NO/c1-3-5-4-2;1-4-2-3-6-5-4/h3-5H2,1-2H3;2-3H,1H3. The monoisotopic (exact) mass is 155 g/mol. The van der Waals surface area contributed by atoms with Crippen LogP contribution < -0.4 is 0 Å². The van der Waals surface area contributed by atoms with Gasteiger partial charge in [0, 0.05) is 6.07 Å². The van der Waals surface area contributed by atoms with E-state index in [2.05, 4.69) is 23.5 Å². The molecule has 0 aromatic carbocycles. The number of hydrogen-bond acceptors (Lipinski definition) is 2. The first-order valence-electron chi connectivity index (χ1n) is 4.18. The van der Waals surface area contributed by atoms with Crippen molar-refractivity contribution in [3.63, 3.8) is 0 Å². The van der Waals surface area contributed by atoms with Crippen molar-refractivity contribution in [2.24, 2.45) is 0 Å². The fraction of sp³-hybridized carbons (Fsp3) is 0.667. The van der Waals surface area contributed by atoms with Crippen molar-refractivity contribution in [2.45, 2.75) is 40.0 Å². The summed E-state index contributed by atoms with van der Waals surface area (Å²) in [7, 11) is 0. The van der Waals surface area contributed by atoms with Crippen LogP contribution in [0.15, 0.2) is 16.9 Å². The Morgan fingerprint density at radius 3 is 2.09 bits per heavy atom. The quantitative estimate of drug-likeness (QED) is 0.655. The van der Waals surface area contributed by atoms with E-state index in [4.69, 9.17) is 0 Å². The summed E-state index contributed by atoms with van der Waals surface area (Å²) in [6, 6.07) is 1.81. The van der Waals surface area contributed by atoms with Gasteiger partial charge < -0.3 is 4.52 Å². The average Bonchev–Trinajstić information content (AvgIpc) is 2.43. The summed E-state index contributed by atoms with van der Waals surface area (Å²) in [4.78, 5) is 0. The molecule has 2 nitrogen and oxygen atoms in total.